The average molecular weight is 348 g/mol. The number of halogens is 4. The molecule has 0 unspecified atom stereocenters. The molecule has 1 heterocycles. The third kappa shape index (κ3) is 3.73. The van der Waals surface area contributed by atoms with Gasteiger partial charge >= 0.3 is 6.18 Å². The zero-order valence-corrected chi connectivity index (χ0v) is 13.5. The van der Waals surface area contributed by atoms with Gasteiger partial charge < -0.3 is 4.90 Å². The number of anilines is 1. The molecule has 1 aliphatic heterocycles. The third-order valence-corrected chi connectivity index (χ3v) is 4.04. The van der Waals surface area contributed by atoms with E-state index in [1.807, 2.05) is 31.3 Å². The lowest BCUT2D eigenvalue weighted by Gasteiger charge is -2.18. The standard InChI is InChI=1S/C19H16F4N2/c1-25-11-10-24-17(14-4-2-3-5-18(14)25)9-7-13-6-8-15(16(20)12-13)19(21,22)23/h2-9,12H,10-11H2,1H3. The molecular formula is C19H16F4N2. The highest BCUT2D eigenvalue weighted by molar-refractivity contribution is 6.14. The Labute approximate surface area is 143 Å². The van der Waals surface area contributed by atoms with Gasteiger partial charge in [0.2, 0.25) is 0 Å². The number of alkyl halides is 3. The van der Waals surface area contributed by atoms with Crippen molar-refractivity contribution in [1.82, 2.24) is 0 Å². The number of para-hydroxylation sites is 1. The highest BCUT2D eigenvalue weighted by Gasteiger charge is 2.33. The van der Waals surface area contributed by atoms with Gasteiger partial charge in [0, 0.05) is 24.8 Å². The molecular weight excluding hydrogens is 332 g/mol. The molecule has 0 aliphatic carbocycles. The van der Waals surface area contributed by atoms with Crippen molar-refractivity contribution in [3.63, 3.8) is 0 Å². The van der Waals surface area contributed by atoms with Crippen LogP contribution >= 0.6 is 0 Å². The molecule has 1 aliphatic rings. The average Bonchev–Trinajstić information content (AvgIpc) is 2.71. The number of hydrogen-bond donors (Lipinski definition) is 0. The predicted octanol–water partition coefficient (Wildman–Crippen LogP) is 4.80. The van der Waals surface area contributed by atoms with E-state index in [0.29, 0.717) is 12.1 Å². The van der Waals surface area contributed by atoms with Gasteiger partial charge in [-0.05, 0) is 29.8 Å². The fraction of sp³-hybridized carbons (Fsp3) is 0.211. The topological polar surface area (TPSA) is 15.6 Å². The van der Waals surface area contributed by atoms with Crippen molar-refractivity contribution in [2.45, 2.75) is 6.18 Å². The van der Waals surface area contributed by atoms with Crippen molar-refractivity contribution in [2.24, 2.45) is 4.99 Å². The van der Waals surface area contributed by atoms with E-state index < -0.39 is 17.6 Å². The summed E-state index contributed by atoms with van der Waals surface area (Å²) in [6, 6.07) is 10.7. The summed E-state index contributed by atoms with van der Waals surface area (Å²) in [7, 11) is 1.98. The molecule has 0 fully saturated rings. The van der Waals surface area contributed by atoms with E-state index in [1.54, 1.807) is 12.2 Å². The molecule has 130 valence electrons. The second-order valence-electron chi connectivity index (χ2n) is 5.78. The molecule has 0 saturated carbocycles. The lowest BCUT2D eigenvalue weighted by atomic mass is 10.0. The maximum atomic E-state index is 13.7. The molecule has 0 amide bonds. The van der Waals surface area contributed by atoms with E-state index in [1.165, 1.54) is 6.07 Å². The highest BCUT2D eigenvalue weighted by atomic mass is 19.4. The van der Waals surface area contributed by atoms with E-state index in [-0.39, 0.29) is 0 Å². The van der Waals surface area contributed by atoms with Crippen LogP contribution in [0, 0.1) is 5.82 Å². The molecule has 0 aromatic heterocycles. The zero-order chi connectivity index (χ0) is 18.0. The van der Waals surface area contributed by atoms with Gasteiger partial charge in [0.1, 0.15) is 5.82 Å². The molecule has 0 bridgehead atoms. The van der Waals surface area contributed by atoms with E-state index in [4.69, 9.17) is 0 Å². The largest absolute Gasteiger partial charge is 0.419 e. The monoisotopic (exact) mass is 348 g/mol. The molecule has 3 rings (SSSR count). The van der Waals surface area contributed by atoms with Crippen LogP contribution < -0.4 is 4.90 Å². The highest BCUT2D eigenvalue weighted by Crippen LogP contribution is 2.31. The van der Waals surface area contributed by atoms with Crippen molar-refractivity contribution in [3.8, 4) is 0 Å². The number of benzodiazepines with no additional fused rings is 1. The van der Waals surface area contributed by atoms with Crippen molar-refractivity contribution < 1.29 is 17.6 Å². The van der Waals surface area contributed by atoms with Crippen LogP contribution in [-0.4, -0.2) is 25.8 Å². The minimum absolute atomic E-state index is 0.350. The minimum Gasteiger partial charge on any atom is -0.372 e. The Hall–Kier alpha value is -2.63. The van der Waals surface area contributed by atoms with Crippen molar-refractivity contribution in [1.29, 1.82) is 0 Å². The Morgan fingerprint density at radius 1 is 1.08 bits per heavy atom. The summed E-state index contributed by atoms with van der Waals surface area (Å²) in [5.74, 6) is -1.28. The minimum atomic E-state index is -4.69. The van der Waals surface area contributed by atoms with Gasteiger partial charge in [-0.25, -0.2) is 4.39 Å². The summed E-state index contributed by atoms with van der Waals surface area (Å²) >= 11 is 0. The molecule has 6 heteroatoms. The summed E-state index contributed by atoms with van der Waals surface area (Å²) in [5, 5.41) is 0. The first-order valence-corrected chi connectivity index (χ1v) is 7.76. The Kier molecular flexibility index (Phi) is 4.61. The van der Waals surface area contributed by atoms with Crippen LogP contribution in [0.15, 0.2) is 53.5 Å². The van der Waals surface area contributed by atoms with Gasteiger partial charge in [0.15, 0.2) is 0 Å². The van der Waals surface area contributed by atoms with E-state index in [9.17, 15) is 17.6 Å². The number of fused-ring (bicyclic) bond motifs is 1. The maximum absolute atomic E-state index is 13.7. The molecule has 2 nitrogen and oxygen atoms in total. The zero-order valence-electron chi connectivity index (χ0n) is 13.5. The Balaban J connectivity index is 1.91. The maximum Gasteiger partial charge on any atom is 0.419 e. The number of nitrogens with zero attached hydrogens (tertiary/aromatic N) is 2. The van der Waals surface area contributed by atoms with Crippen LogP contribution in [0.25, 0.3) is 6.08 Å². The first kappa shape index (κ1) is 17.2. The number of rotatable bonds is 2. The molecule has 25 heavy (non-hydrogen) atoms. The van der Waals surface area contributed by atoms with Crippen LogP contribution in [0.1, 0.15) is 16.7 Å². The molecule has 0 atom stereocenters. The fourth-order valence-corrected chi connectivity index (χ4v) is 2.73. The number of allylic oxidation sites excluding steroid dienone is 1. The lowest BCUT2D eigenvalue weighted by Crippen LogP contribution is -2.20. The molecule has 0 saturated heterocycles. The second kappa shape index (κ2) is 6.70. The van der Waals surface area contributed by atoms with Gasteiger partial charge in [0.25, 0.3) is 0 Å². The van der Waals surface area contributed by atoms with E-state index >= 15 is 0 Å². The normalized spacial score (nSPS) is 15.1. The molecule has 2 aromatic rings. The van der Waals surface area contributed by atoms with Crippen molar-refractivity contribution in [2.75, 3.05) is 25.0 Å². The molecule has 0 spiro atoms. The number of aliphatic imine (C=N–C) groups is 1. The summed E-state index contributed by atoms with van der Waals surface area (Å²) in [4.78, 5) is 6.62. The SMILES string of the molecule is CN1CCN=C(C=Cc2ccc(C(F)(F)F)c(F)c2)c2ccccc21. The van der Waals surface area contributed by atoms with Crippen LogP contribution in [0.2, 0.25) is 0 Å². The van der Waals surface area contributed by atoms with Crippen molar-refractivity contribution >= 4 is 17.5 Å². The van der Waals surface area contributed by atoms with E-state index in [2.05, 4.69) is 9.89 Å². The van der Waals surface area contributed by atoms with Gasteiger partial charge in [-0.1, -0.05) is 30.3 Å². The predicted molar refractivity (Wildman–Crippen MR) is 91.6 cm³/mol. The first-order chi connectivity index (χ1) is 11.9. The smallest absolute Gasteiger partial charge is 0.372 e. The lowest BCUT2D eigenvalue weighted by molar-refractivity contribution is -0.140. The fourth-order valence-electron chi connectivity index (χ4n) is 2.73. The molecule has 0 radical (unpaired) electrons. The third-order valence-electron chi connectivity index (χ3n) is 4.04. The van der Waals surface area contributed by atoms with Gasteiger partial charge in [-0.15, -0.1) is 0 Å². The number of likely N-dealkylation sites (N-methyl/N-ethyl adjacent to an activating group) is 1. The molecule has 2 aromatic carbocycles. The van der Waals surface area contributed by atoms with Gasteiger partial charge in [0.05, 0.1) is 17.8 Å². The van der Waals surface area contributed by atoms with Gasteiger partial charge in [-0.2, -0.15) is 13.2 Å². The Morgan fingerprint density at radius 2 is 1.84 bits per heavy atom. The van der Waals surface area contributed by atoms with Crippen LogP contribution in [0.3, 0.4) is 0 Å². The number of benzene rings is 2. The van der Waals surface area contributed by atoms with Crippen LogP contribution in [0.4, 0.5) is 23.2 Å². The van der Waals surface area contributed by atoms with Crippen LogP contribution in [-0.2, 0) is 6.18 Å². The van der Waals surface area contributed by atoms with E-state index in [0.717, 1.165) is 35.6 Å². The van der Waals surface area contributed by atoms with Gasteiger partial charge in [-0.3, -0.25) is 4.99 Å². The summed E-state index contributed by atoms with van der Waals surface area (Å²) < 4.78 is 51.5. The summed E-state index contributed by atoms with van der Waals surface area (Å²) in [6.07, 6.45) is -1.41. The molecule has 0 N–H and O–H groups in total. The number of hydrogen-bond acceptors (Lipinski definition) is 2. The second-order valence-corrected chi connectivity index (χ2v) is 5.78. The first-order valence-electron chi connectivity index (χ1n) is 7.76. The summed E-state index contributed by atoms with van der Waals surface area (Å²) in [5.41, 5.74) is 1.78. The summed E-state index contributed by atoms with van der Waals surface area (Å²) in [6.45, 7) is 1.37. The Morgan fingerprint density at radius 3 is 2.56 bits per heavy atom. The Bertz CT molecular complexity index is 838. The van der Waals surface area contributed by atoms with Crippen LogP contribution in [0.5, 0.6) is 0 Å². The van der Waals surface area contributed by atoms with Crippen molar-refractivity contribution in [3.05, 3.63) is 71.0 Å². The quantitative estimate of drug-likeness (QED) is 0.712.